The van der Waals surface area contributed by atoms with E-state index in [0.717, 1.165) is 5.75 Å². The molecule has 0 aromatic carbocycles. The van der Waals surface area contributed by atoms with E-state index >= 15 is 0 Å². The summed E-state index contributed by atoms with van der Waals surface area (Å²) in [5.74, 6) is 2.21. The van der Waals surface area contributed by atoms with Gasteiger partial charge in [0.25, 0.3) is 0 Å². The number of nitrogens with zero attached hydrogens (tertiary/aromatic N) is 2. The lowest BCUT2D eigenvalue weighted by molar-refractivity contribution is -0.113. The summed E-state index contributed by atoms with van der Waals surface area (Å²) in [7, 11) is 0. The molecule has 0 fully saturated rings. The highest BCUT2D eigenvalue weighted by Crippen LogP contribution is 2.16. The summed E-state index contributed by atoms with van der Waals surface area (Å²) in [5, 5.41) is 11.2. The van der Waals surface area contributed by atoms with Crippen LogP contribution in [0.3, 0.4) is 0 Å². The molecule has 0 atom stereocenters. The molecule has 2 N–H and O–H groups in total. The van der Waals surface area contributed by atoms with Crippen LogP contribution in [0.4, 0.5) is 5.95 Å². The van der Waals surface area contributed by atoms with Crippen molar-refractivity contribution in [2.45, 2.75) is 12.7 Å². The van der Waals surface area contributed by atoms with Crippen molar-refractivity contribution >= 4 is 35.0 Å². The van der Waals surface area contributed by atoms with Crippen LogP contribution in [-0.4, -0.2) is 26.8 Å². The maximum absolute atomic E-state index is 11.5. The number of amides is 1. The number of aromatic nitrogens is 3. The van der Waals surface area contributed by atoms with Crippen LogP contribution in [0.1, 0.15) is 10.7 Å². The van der Waals surface area contributed by atoms with Crippen molar-refractivity contribution in [1.82, 2.24) is 15.2 Å². The van der Waals surface area contributed by atoms with Crippen LogP contribution in [0.5, 0.6) is 0 Å². The molecule has 0 aliphatic rings. The van der Waals surface area contributed by atoms with E-state index in [2.05, 4.69) is 26.6 Å². The predicted octanol–water partition coefficient (Wildman–Crippen LogP) is 2.05. The fourth-order valence-corrected chi connectivity index (χ4v) is 2.87. The van der Waals surface area contributed by atoms with Gasteiger partial charge in [-0.2, -0.15) is 4.98 Å². The van der Waals surface area contributed by atoms with E-state index in [9.17, 15) is 4.79 Å². The Labute approximate surface area is 107 Å². The Balaban J connectivity index is 1.71. The van der Waals surface area contributed by atoms with Gasteiger partial charge in [0.2, 0.25) is 11.9 Å². The number of H-pyrrole nitrogens is 1. The molecule has 17 heavy (non-hydrogen) atoms. The van der Waals surface area contributed by atoms with Crippen LogP contribution in [0.2, 0.25) is 0 Å². The highest BCUT2D eigenvalue weighted by molar-refractivity contribution is 7.99. The zero-order chi connectivity index (χ0) is 12.1. The Kier molecular flexibility index (Phi) is 4.16. The largest absolute Gasteiger partial charge is 0.293 e. The fraction of sp³-hybridized carbons (Fsp3) is 0.300. The molecule has 0 unspecified atom stereocenters. The van der Waals surface area contributed by atoms with E-state index in [0.29, 0.717) is 17.5 Å². The molecule has 2 rings (SSSR count). The summed E-state index contributed by atoms with van der Waals surface area (Å²) in [6, 6.07) is 4.07. The first-order valence-corrected chi connectivity index (χ1v) is 7.06. The molecule has 0 aliphatic heterocycles. The number of aryl methyl sites for hydroxylation is 1. The lowest BCUT2D eigenvalue weighted by Gasteiger charge is -1.99. The average Bonchev–Trinajstić information content (AvgIpc) is 2.90. The fourth-order valence-electron chi connectivity index (χ4n) is 1.20. The monoisotopic (exact) mass is 268 g/mol. The molecular weight excluding hydrogens is 256 g/mol. The summed E-state index contributed by atoms with van der Waals surface area (Å²) < 4.78 is 0. The molecule has 2 heterocycles. The molecule has 2 aromatic heterocycles. The Hall–Kier alpha value is -1.34. The smallest absolute Gasteiger partial charge is 0.248 e. The minimum atomic E-state index is -0.0782. The van der Waals surface area contributed by atoms with Gasteiger partial charge >= 0.3 is 0 Å². The van der Waals surface area contributed by atoms with Gasteiger partial charge in [0.05, 0.1) is 5.75 Å². The molecular formula is C10H12N4OS2. The number of rotatable bonds is 5. The maximum atomic E-state index is 11.5. The quantitative estimate of drug-likeness (QED) is 0.870. The standard InChI is InChI=1S/C10H12N4OS2/c1-7-11-10(14-13-7)12-9(15)6-16-5-8-3-2-4-17-8/h2-4H,5-6H2,1H3,(H2,11,12,13,14,15). The van der Waals surface area contributed by atoms with E-state index in [-0.39, 0.29) is 5.91 Å². The summed E-state index contributed by atoms with van der Waals surface area (Å²) in [5.41, 5.74) is 0. The van der Waals surface area contributed by atoms with Gasteiger partial charge in [0.15, 0.2) is 0 Å². The van der Waals surface area contributed by atoms with Crippen molar-refractivity contribution in [2.24, 2.45) is 0 Å². The molecule has 2 aromatic rings. The van der Waals surface area contributed by atoms with Crippen LogP contribution in [0.25, 0.3) is 0 Å². The molecule has 0 spiro atoms. The van der Waals surface area contributed by atoms with Gasteiger partial charge in [-0.3, -0.25) is 15.2 Å². The SMILES string of the molecule is Cc1nc(NC(=O)CSCc2cccs2)n[nH]1. The van der Waals surface area contributed by atoms with Gasteiger partial charge < -0.3 is 0 Å². The van der Waals surface area contributed by atoms with Crippen LogP contribution < -0.4 is 5.32 Å². The normalized spacial score (nSPS) is 10.4. The third-order valence-corrected chi connectivity index (χ3v) is 3.95. The average molecular weight is 268 g/mol. The Morgan fingerprint density at radius 1 is 1.65 bits per heavy atom. The number of anilines is 1. The van der Waals surface area contributed by atoms with Gasteiger partial charge in [-0.05, 0) is 18.4 Å². The van der Waals surface area contributed by atoms with Gasteiger partial charge in [0, 0.05) is 10.6 Å². The Morgan fingerprint density at radius 2 is 2.53 bits per heavy atom. The predicted molar refractivity (Wildman–Crippen MR) is 70.2 cm³/mol. The molecule has 1 amide bonds. The molecule has 90 valence electrons. The lowest BCUT2D eigenvalue weighted by atomic mass is 10.5. The Morgan fingerprint density at radius 3 is 3.18 bits per heavy atom. The number of thiophene rings is 1. The Bertz CT molecular complexity index is 480. The number of hydrogen-bond acceptors (Lipinski definition) is 5. The number of thioether (sulfide) groups is 1. The summed E-state index contributed by atoms with van der Waals surface area (Å²) in [6.45, 7) is 1.79. The number of nitrogens with one attached hydrogen (secondary N) is 2. The van der Waals surface area contributed by atoms with Gasteiger partial charge in [-0.1, -0.05) is 6.07 Å². The first-order valence-electron chi connectivity index (χ1n) is 5.03. The van der Waals surface area contributed by atoms with Crippen molar-refractivity contribution in [3.63, 3.8) is 0 Å². The van der Waals surface area contributed by atoms with E-state index in [1.165, 1.54) is 4.88 Å². The topological polar surface area (TPSA) is 70.7 Å². The minimum Gasteiger partial charge on any atom is -0.293 e. The molecule has 0 aliphatic carbocycles. The van der Waals surface area contributed by atoms with Gasteiger partial charge in [-0.15, -0.1) is 28.2 Å². The number of aromatic amines is 1. The van der Waals surface area contributed by atoms with E-state index in [4.69, 9.17) is 0 Å². The van der Waals surface area contributed by atoms with Crippen LogP contribution in [-0.2, 0) is 10.5 Å². The maximum Gasteiger partial charge on any atom is 0.248 e. The van der Waals surface area contributed by atoms with Gasteiger partial charge in [0.1, 0.15) is 5.82 Å². The molecule has 0 bridgehead atoms. The summed E-state index contributed by atoms with van der Waals surface area (Å²) in [6.07, 6.45) is 0. The van der Waals surface area contributed by atoms with E-state index in [1.807, 2.05) is 11.4 Å². The van der Waals surface area contributed by atoms with Crippen molar-refractivity contribution in [3.05, 3.63) is 28.2 Å². The first-order chi connectivity index (χ1) is 8.24. The number of carbonyl (C=O) groups excluding carboxylic acids is 1. The molecule has 0 saturated carbocycles. The van der Waals surface area contributed by atoms with Crippen LogP contribution >= 0.6 is 23.1 Å². The van der Waals surface area contributed by atoms with E-state index < -0.39 is 0 Å². The lowest BCUT2D eigenvalue weighted by Crippen LogP contribution is -2.15. The second-order valence-corrected chi connectivity index (χ2v) is 5.38. The molecule has 0 radical (unpaired) electrons. The molecule has 7 heteroatoms. The number of carbonyl (C=O) groups is 1. The first kappa shape index (κ1) is 12.1. The number of hydrogen-bond donors (Lipinski definition) is 2. The van der Waals surface area contributed by atoms with Crippen LogP contribution in [0.15, 0.2) is 17.5 Å². The molecule has 5 nitrogen and oxygen atoms in total. The highest BCUT2D eigenvalue weighted by atomic mass is 32.2. The highest BCUT2D eigenvalue weighted by Gasteiger charge is 2.06. The van der Waals surface area contributed by atoms with Crippen molar-refractivity contribution < 1.29 is 4.79 Å². The zero-order valence-corrected chi connectivity index (χ0v) is 10.9. The van der Waals surface area contributed by atoms with Crippen molar-refractivity contribution in [1.29, 1.82) is 0 Å². The third kappa shape index (κ3) is 3.86. The van der Waals surface area contributed by atoms with Gasteiger partial charge in [-0.25, -0.2) is 0 Å². The van der Waals surface area contributed by atoms with Crippen molar-refractivity contribution in [3.8, 4) is 0 Å². The summed E-state index contributed by atoms with van der Waals surface area (Å²) in [4.78, 5) is 16.8. The zero-order valence-electron chi connectivity index (χ0n) is 9.27. The summed E-state index contributed by atoms with van der Waals surface area (Å²) >= 11 is 3.28. The molecule has 0 saturated heterocycles. The minimum absolute atomic E-state index is 0.0782. The third-order valence-electron chi connectivity index (χ3n) is 1.91. The van der Waals surface area contributed by atoms with Crippen LogP contribution in [0, 0.1) is 6.92 Å². The second kappa shape index (κ2) is 5.83. The van der Waals surface area contributed by atoms with Crippen molar-refractivity contribution in [2.75, 3.05) is 11.1 Å². The second-order valence-electron chi connectivity index (χ2n) is 3.36. The van der Waals surface area contributed by atoms with E-state index in [1.54, 1.807) is 30.0 Å².